The van der Waals surface area contributed by atoms with Crippen molar-refractivity contribution in [3.05, 3.63) is 11.6 Å². The first-order chi connectivity index (χ1) is 19.8. The first-order valence-corrected chi connectivity index (χ1v) is 15.0. The summed E-state index contributed by atoms with van der Waals surface area (Å²) in [6.45, 7) is 4.98. The summed E-state index contributed by atoms with van der Waals surface area (Å²) in [7, 11) is 0. The van der Waals surface area contributed by atoms with Crippen LogP contribution in [0.3, 0.4) is 0 Å². The van der Waals surface area contributed by atoms with Crippen LogP contribution in [-0.4, -0.2) is 58.6 Å². The standard InChI is InChI=1S/C31H39NO10/c1-18(33)41-31(24(35)17-40-27(38)8-9-28(39)42-32-25(36)6-7-26(32)37)15-12-23-21-5-4-19-16-20(34)10-13-29(19,2)22(21)11-14-30(23,31)3/h16,21-23H,4-15,17H2,1-3H3. The summed E-state index contributed by atoms with van der Waals surface area (Å²) in [5.41, 5.74) is -0.854. The maximum absolute atomic E-state index is 13.8. The quantitative estimate of drug-likeness (QED) is 0.306. The van der Waals surface area contributed by atoms with E-state index in [4.69, 9.17) is 14.3 Å². The number of rotatable bonds is 8. The summed E-state index contributed by atoms with van der Waals surface area (Å²) in [6, 6.07) is 0. The SMILES string of the molecule is CC(=O)OC1(C(=O)COC(=O)CCC(=O)ON2C(=O)CCC2=O)CCC2C3CCC4=CC(=O)CCC4(C)C3CCC21C. The molecule has 0 aromatic heterocycles. The molecule has 0 spiro atoms. The smallest absolute Gasteiger partial charge is 0.333 e. The average Bonchev–Trinajstić information content (AvgIpc) is 3.41. The third kappa shape index (κ3) is 4.98. The van der Waals surface area contributed by atoms with Crippen LogP contribution in [0, 0.1) is 28.6 Å². The topological polar surface area (TPSA) is 150 Å². The molecule has 11 nitrogen and oxygen atoms in total. The Bertz CT molecular complexity index is 1250. The summed E-state index contributed by atoms with van der Waals surface area (Å²) in [4.78, 5) is 90.8. The Morgan fingerprint density at radius 3 is 2.21 bits per heavy atom. The van der Waals surface area contributed by atoms with Gasteiger partial charge >= 0.3 is 17.9 Å². The molecule has 0 aromatic rings. The van der Waals surface area contributed by atoms with E-state index in [2.05, 4.69) is 6.92 Å². The number of hydrogen-bond donors (Lipinski definition) is 0. The van der Waals surface area contributed by atoms with E-state index in [0.717, 1.165) is 25.7 Å². The molecule has 0 bridgehead atoms. The maximum atomic E-state index is 13.8. The highest BCUT2D eigenvalue weighted by Crippen LogP contribution is 2.68. The average molecular weight is 586 g/mol. The second kappa shape index (κ2) is 11.0. The lowest BCUT2D eigenvalue weighted by molar-refractivity contribution is -0.197. The van der Waals surface area contributed by atoms with Gasteiger partial charge in [-0.05, 0) is 74.2 Å². The molecule has 1 aliphatic heterocycles. The van der Waals surface area contributed by atoms with Crippen molar-refractivity contribution in [3.63, 3.8) is 0 Å². The van der Waals surface area contributed by atoms with E-state index < -0.39 is 66.0 Å². The monoisotopic (exact) mass is 585 g/mol. The van der Waals surface area contributed by atoms with E-state index >= 15 is 0 Å². The predicted molar refractivity (Wildman–Crippen MR) is 144 cm³/mol. The van der Waals surface area contributed by atoms with Crippen molar-refractivity contribution < 1.29 is 47.9 Å². The van der Waals surface area contributed by atoms with Crippen molar-refractivity contribution in [2.24, 2.45) is 28.6 Å². The number of amides is 2. The fourth-order valence-electron chi connectivity index (χ4n) is 8.83. The molecule has 6 atom stereocenters. The summed E-state index contributed by atoms with van der Waals surface area (Å²) in [5.74, 6) is -3.01. The van der Waals surface area contributed by atoms with Crippen molar-refractivity contribution in [1.29, 1.82) is 0 Å². The zero-order valence-corrected chi connectivity index (χ0v) is 24.5. The number of hydroxylamine groups is 2. The third-order valence-corrected chi connectivity index (χ3v) is 10.9. The second-order valence-electron chi connectivity index (χ2n) is 13.0. The highest BCUT2D eigenvalue weighted by atomic mass is 16.7. The van der Waals surface area contributed by atoms with Gasteiger partial charge in [-0.25, -0.2) is 4.79 Å². The number of carbonyl (C=O) groups is 7. The zero-order chi connectivity index (χ0) is 30.4. The Morgan fingerprint density at radius 1 is 0.857 bits per heavy atom. The summed E-state index contributed by atoms with van der Waals surface area (Å²) >= 11 is 0. The lowest BCUT2D eigenvalue weighted by atomic mass is 9.46. The highest BCUT2D eigenvalue weighted by Gasteiger charge is 2.68. The van der Waals surface area contributed by atoms with Gasteiger partial charge in [0.2, 0.25) is 5.78 Å². The van der Waals surface area contributed by atoms with Gasteiger partial charge in [0.25, 0.3) is 11.8 Å². The molecular weight excluding hydrogens is 546 g/mol. The molecule has 4 aliphatic carbocycles. The van der Waals surface area contributed by atoms with Crippen LogP contribution < -0.4 is 0 Å². The van der Waals surface area contributed by atoms with E-state index in [-0.39, 0.29) is 30.0 Å². The van der Waals surface area contributed by atoms with Gasteiger partial charge in [-0.1, -0.05) is 19.4 Å². The van der Waals surface area contributed by atoms with Crippen molar-refractivity contribution >= 4 is 41.3 Å². The maximum Gasteiger partial charge on any atom is 0.333 e. The molecule has 5 aliphatic rings. The molecular formula is C31H39NO10. The van der Waals surface area contributed by atoms with E-state index in [1.165, 1.54) is 12.5 Å². The number of esters is 2. The Labute approximate surface area is 244 Å². The number of ether oxygens (including phenoxy) is 2. The molecule has 1 heterocycles. The lowest BCUT2D eigenvalue weighted by Gasteiger charge is -2.59. The summed E-state index contributed by atoms with van der Waals surface area (Å²) in [6.07, 6.45) is 6.65. The molecule has 42 heavy (non-hydrogen) atoms. The minimum atomic E-state index is -1.43. The molecule has 5 rings (SSSR count). The van der Waals surface area contributed by atoms with Gasteiger partial charge < -0.3 is 14.3 Å². The van der Waals surface area contributed by atoms with Crippen LogP contribution in [0.4, 0.5) is 0 Å². The number of nitrogens with zero attached hydrogens (tertiary/aromatic N) is 1. The largest absolute Gasteiger partial charge is 0.457 e. The molecule has 0 N–H and O–H groups in total. The van der Waals surface area contributed by atoms with Gasteiger partial charge in [-0.3, -0.25) is 28.8 Å². The van der Waals surface area contributed by atoms with Crippen LogP contribution in [0.1, 0.15) is 97.8 Å². The number of Topliss-reactive ketones (excluding diaryl/α,β-unsaturated/α-hetero) is 1. The van der Waals surface area contributed by atoms with Crippen LogP contribution in [0.5, 0.6) is 0 Å². The number of fused-ring (bicyclic) bond motifs is 5. The number of ketones is 2. The molecule has 6 unspecified atom stereocenters. The van der Waals surface area contributed by atoms with Crippen LogP contribution in [0.15, 0.2) is 11.6 Å². The van der Waals surface area contributed by atoms with E-state index in [1.54, 1.807) is 0 Å². The van der Waals surface area contributed by atoms with Crippen molar-refractivity contribution in [1.82, 2.24) is 5.06 Å². The number of carbonyl (C=O) groups excluding carboxylic acids is 7. The van der Waals surface area contributed by atoms with Gasteiger partial charge in [0, 0.05) is 31.6 Å². The Balaban J connectivity index is 1.24. The first-order valence-electron chi connectivity index (χ1n) is 15.0. The van der Waals surface area contributed by atoms with Gasteiger partial charge in [-0.2, -0.15) is 0 Å². The molecule has 3 saturated carbocycles. The second-order valence-corrected chi connectivity index (χ2v) is 13.0. The van der Waals surface area contributed by atoms with E-state index in [9.17, 15) is 33.6 Å². The van der Waals surface area contributed by atoms with E-state index in [1.807, 2.05) is 13.0 Å². The third-order valence-electron chi connectivity index (χ3n) is 10.9. The minimum absolute atomic E-state index is 0.0408. The minimum Gasteiger partial charge on any atom is -0.457 e. The fraction of sp³-hybridized carbons (Fsp3) is 0.710. The van der Waals surface area contributed by atoms with Crippen LogP contribution >= 0.6 is 0 Å². The molecule has 11 heteroatoms. The van der Waals surface area contributed by atoms with Crippen LogP contribution in [0.2, 0.25) is 0 Å². The molecule has 2 amide bonds. The molecule has 0 radical (unpaired) electrons. The highest BCUT2D eigenvalue weighted by molar-refractivity contribution is 6.01. The number of hydrogen-bond acceptors (Lipinski definition) is 10. The Morgan fingerprint density at radius 2 is 1.52 bits per heavy atom. The van der Waals surface area contributed by atoms with Crippen LogP contribution in [0.25, 0.3) is 0 Å². The molecule has 0 aromatic carbocycles. The van der Waals surface area contributed by atoms with Crippen molar-refractivity contribution in [2.75, 3.05) is 6.61 Å². The predicted octanol–water partition coefficient (Wildman–Crippen LogP) is 3.32. The van der Waals surface area contributed by atoms with Gasteiger partial charge in [0.05, 0.1) is 12.8 Å². The normalized spacial score (nSPS) is 35.5. The Hall–Kier alpha value is -3.37. The number of allylic oxidation sites excluding steroid dienone is 1. The van der Waals surface area contributed by atoms with Crippen LogP contribution in [-0.2, 0) is 47.9 Å². The Kier molecular flexibility index (Phi) is 7.91. The summed E-state index contributed by atoms with van der Waals surface area (Å²) < 4.78 is 11.1. The molecule has 4 fully saturated rings. The zero-order valence-electron chi connectivity index (χ0n) is 24.5. The summed E-state index contributed by atoms with van der Waals surface area (Å²) in [5, 5.41) is 0.406. The van der Waals surface area contributed by atoms with Crippen molar-refractivity contribution in [2.45, 2.75) is 103 Å². The number of imide groups is 1. The fourth-order valence-corrected chi connectivity index (χ4v) is 8.83. The van der Waals surface area contributed by atoms with E-state index in [0.29, 0.717) is 42.6 Å². The molecule has 1 saturated heterocycles. The van der Waals surface area contributed by atoms with Gasteiger partial charge in [0.1, 0.15) is 0 Å². The lowest BCUT2D eigenvalue weighted by Crippen LogP contribution is -2.59. The van der Waals surface area contributed by atoms with Crippen molar-refractivity contribution in [3.8, 4) is 0 Å². The van der Waals surface area contributed by atoms with Gasteiger partial charge in [-0.15, -0.1) is 5.06 Å². The molecule has 228 valence electrons. The van der Waals surface area contributed by atoms with Gasteiger partial charge in [0.15, 0.2) is 18.0 Å². The first kappa shape index (κ1) is 30.1.